The third kappa shape index (κ3) is 7.58. The molecule has 1 amide bonds. The van der Waals surface area contributed by atoms with E-state index in [1.807, 2.05) is 25.1 Å². The molecule has 6 heteroatoms. The van der Waals surface area contributed by atoms with Gasteiger partial charge in [0, 0.05) is 32.3 Å². The molecule has 152 valence electrons. The fourth-order valence-corrected chi connectivity index (χ4v) is 3.36. The van der Waals surface area contributed by atoms with Crippen molar-refractivity contribution >= 4 is 5.91 Å². The Kier molecular flexibility index (Phi) is 8.70. The molecule has 0 spiro atoms. The van der Waals surface area contributed by atoms with Crippen molar-refractivity contribution in [3.63, 3.8) is 0 Å². The molecule has 0 radical (unpaired) electrons. The van der Waals surface area contributed by atoms with Crippen LogP contribution in [0.3, 0.4) is 0 Å². The smallest absolute Gasteiger partial charge is 0.234 e. The fourth-order valence-electron chi connectivity index (χ4n) is 3.36. The maximum absolute atomic E-state index is 12.3. The van der Waals surface area contributed by atoms with Crippen LogP contribution in [0, 0.1) is 5.41 Å². The molecule has 1 atom stereocenters. The van der Waals surface area contributed by atoms with Crippen molar-refractivity contribution in [1.29, 1.82) is 0 Å². The van der Waals surface area contributed by atoms with Gasteiger partial charge in [-0.15, -0.1) is 0 Å². The molecule has 1 aromatic rings. The van der Waals surface area contributed by atoms with Crippen molar-refractivity contribution in [2.75, 3.05) is 39.5 Å². The van der Waals surface area contributed by atoms with Crippen LogP contribution in [0.25, 0.3) is 0 Å². The van der Waals surface area contributed by atoms with Crippen LogP contribution in [0.1, 0.15) is 38.3 Å². The number of hydrogen-bond donors (Lipinski definition) is 2. The molecule has 1 aliphatic rings. The number of carbonyl (C=O) groups is 1. The number of hydrogen-bond acceptors (Lipinski definition) is 5. The van der Waals surface area contributed by atoms with Gasteiger partial charge < -0.3 is 20.5 Å². The van der Waals surface area contributed by atoms with Crippen molar-refractivity contribution < 1.29 is 14.3 Å². The van der Waals surface area contributed by atoms with Crippen LogP contribution >= 0.6 is 0 Å². The minimum Gasteiger partial charge on any atom is -0.379 e. The van der Waals surface area contributed by atoms with Crippen molar-refractivity contribution in [2.24, 2.45) is 11.1 Å². The van der Waals surface area contributed by atoms with Crippen LogP contribution in [0.15, 0.2) is 24.3 Å². The van der Waals surface area contributed by atoms with Gasteiger partial charge in [-0.3, -0.25) is 9.69 Å². The first-order valence-electron chi connectivity index (χ1n) is 9.88. The van der Waals surface area contributed by atoms with Gasteiger partial charge in [0.15, 0.2) is 0 Å². The lowest BCUT2D eigenvalue weighted by Gasteiger charge is -2.42. The molecular formula is C21H35N3O3. The molecule has 1 aliphatic heterocycles. The summed E-state index contributed by atoms with van der Waals surface area (Å²) in [6.07, 6.45) is 0.936. The van der Waals surface area contributed by atoms with Crippen molar-refractivity contribution in [2.45, 2.75) is 46.4 Å². The van der Waals surface area contributed by atoms with Gasteiger partial charge in [0.05, 0.1) is 26.4 Å². The fraction of sp³-hybridized carbons (Fsp3) is 0.667. The Morgan fingerprint density at radius 1 is 1.30 bits per heavy atom. The summed E-state index contributed by atoms with van der Waals surface area (Å²) in [5.74, 6) is 0.0552. The number of piperidine rings is 1. The van der Waals surface area contributed by atoms with E-state index < -0.39 is 0 Å². The summed E-state index contributed by atoms with van der Waals surface area (Å²) in [4.78, 5) is 14.5. The maximum Gasteiger partial charge on any atom is 0.234 e. The Bertz CT molecular complexity index is 592. The average Bonchev–Trinajstić information content (AvgIpc) is 2.63. The van der Waals surface area contributed by atoms with Crippen LogP contribution < -0.4 is 11.1 Å². The summed E-state index contributed by atoms with van der Waals surface area (Å²) >= 11 is 0. The first-order valence-corrected chi connectivity index (χ1v) is 9.88. The number of nitrogens with zero attached hydrogens (tertiary/aromatic N) is 1. The third-order valence-electron chi connectivity index (χ3n) is 5.08. The van der Waals surface area contributed by atoms with Crippen LogP contribution in [-0.2, 0) is 27.4 Å². The molecule has 1 fully saturated rings. The number of carbonyl (C=O) groups excluding carboxylic acids is 1. The minimum atomic E-state index is 0.0506. The molecule has 1 aromatic carbocycles. The highest BCUT2D eigenvalue weighted by Gasteiger charge is 2.33. The first-order chi connectivity index (χ1) is 12.9. The number of benzene rings is 1. The highest BCUT2D eigenvalue weighted by molar-refractivity contribution is 5.78. The number of ether oxygens (including phenoxy) is 2. The summed E-state index contributed by atoms with van der Waals surface area (Å²) in [7, 11) is 0. The lowest BCUT2D eigenvalue weighted by molar-refractivity contribution is -0.123. The standard InChI is InChI=1S/C21H35N3O3/c1-4-26-10-11-27-15-18-7-5-6-17(12-18)13-23-20(25)14-24-9-8-19(22)21(2,3)16-24/h5-7,12,19H,4,8-11,13-16,22H2,1-3H3,(H,23,25). The van der Waals surface area contributed by atoms with Crippen molar-refractivity contribution in [3.05, 3.63) is 35.4 Å². The van der Waals surface area contributed by atoms with Gasteiger partial charge in [-0.1, -0.05) is 38.1 Å². The Hall–Kier alpha value is -1.47. The molecule has 27 heavy (non-hydrogen) atoms. The molecule has 0 bridgehead atoms. The summed E-state index contributed by atoms with van der Waals surface area (Å²) in [5.41, 5.74) is 8.40. The molecule has 1 heterocycles. The highest BCUT2D eigenvalue weighted by Crippen LogP contribution is 2.27. The van der Waals surface area contributed by atoms with Gasteiger partial charge in [-0.2, -0.15) is 0 Å². The number of amides is 1. The summed E-state index contributed by atoms with van der Waals surface area (Å²) in [6.45, 7) is 11.5. The van der Waals surface area contributed by atoms with Crippen LogP contribution in [0.4, 0.5) is 0 Å². The van der Waals surface area contributed by atoms with Gasteiger partial charge in [0.25, 0.3) is 0 Å². The Morgan fingerprint density at radius 2 is 2.04 bits per heavy atom. The van der Waals surface area contributed by atoms with E-state index in [1.54, 1.807) is 0 Å². The van der Waals surface area contributed by atoms with E-state index in [9.17, 15) is 4.79 Å². The van der Waals surface area contributed by atoms with Crippen molar-refractivity contribution in [3.8, 4) is 0 Å². The van der Waals surface area contributed by atoms with Gasteiger partial charge in [-0.05, 0) is 29.9 Å². The molecule has 1 unspecified atom stereocenters. The first kappa shape index (κ1) is 21.8. The molecule has 6 nitrogen and oxygen atoms in total. The molecule has 0 aliphatic carbocycles. The van der Waals surface area contributed by atoms with E-state index in [-0.39, 0.29) is 17.4 Å². The zero-order valence-electron chi connectivity index (χ0n) is 17.0. The van der Waals surface area contributed by atoms with E-state index in [1.165, 1.54) is 0 Å². The monoisotopic (exact) mass is 377 g/mol. The van der Waals surface area contributed by atoms with E-state index in [2.05, 4.69) is 30.1 Å². The second kappa shape index (κ2) is 10.8. The largest absolute Gasteiger partial charge is 0.379 e. The number of likely N-dealkylation sites (tertiary alicyclic amines) is 1. The van der Waals surface area contributed by atoms with E-state index >= 15 is 0 Å². The minimum absolute atomic E-state index is 0.0506. The summed E-state index contributed by atoms with van der Waals surface area (Å²) in [5, 5.41) is 3.02. The quantitative estimate of drug-likeness (QED) is 0.609. The SMILES string of the molecule is CCOCCOCc1cccc(CNC(=O)CN2CCC(N)C(C)(C)C2)c1. The zero-order valence-corrected chi connectivity index (χ0v) is 17.0. The van der Waals surface area contributed by atoms with Crippen LogP contribution in [-0.4, -0.2) is 56.3 Å². The van der Waals surface area contributed by atoms with Gasteiger partial charge in [0.2, 0.25) is 5.91 Å². The molecule has 3 N–H and O–H groups in total. The third-order valence-corrected chi connectivity index (χ3v) is 5.08. The average molecular weight is 378 g/mol. The van der Waals surface area contributed by atoms with Gasteiger partial charge in [0.1, 0.15) is 0 Å². The molecule has 2 rings (SSSR count). The Labute approximate surface area is 163 Å². The second-order valence-electron chi connectivity index (χ2n) is 7.94. The summed E-state index contributed by atoms with van der Waals surface area (Å²) in [6, 6.07) is 8.33. The second-order valence-corrected chi connectivity index (χ2v) is 7.94. The maximum atomic E-state index is 12.3. The normalized spacial score (nSPS) is 19.8. The van der Waals surface area contributed by atoms with Gasteiger partial charge in [-0.25, -0.2) is 0 Å². The number of rotatable bonds is 10. The lowest BCUT2D eigenvalue weighted by Crippen LogP contribution is -2.54. The van der Waals surface area contributed by atoms with E-state index in [0.29, 0.717) is 39.5 Å². The molecule has 0 saturated carbocycles. The van der Waals surface area contributed by atoms with E-state index in [4.69, 9.17) is 15.2 Å². The topological polar surface area (TPSA) is 76.8 Å². The highest BCUT2D eigenvalue weighted by atomic mass is 16.5. The number of nitrogens with one attached hydrogen (secondary N) is 1. The molecule has 0 aromatic heterocycles. The van der Waals surface area contributed by atoms with Crippen LogP contribution in [0.2, 0.25) is 0 Å². The lowest BCUT2D eigenvalue weighted by atomic mass is 9.80. The van der Waals surface area contributed by atoms with E-state index in [0.717, 1.165) is 30.6 Å². The number of nitrogens with two attached hydrogens (primary N) is 1. The Morgan fingerprint density at radius 3 is 2.78 bits per heavy atom. The zero-order chi connectivity index (χ0) is 19.7. The van der Waals surface area contributed by atoms with Crippen molar-refractivity contribution in [1.82, 2.24) is 10.2 Å². The predicted octanol–water partition coefficient (Wildman–Crippen LogP) is 1.92. The predicted molar refractivity (Wildman–Crippen MR) is 107 cm³/mol. The Balaban J connectivity index is 1.72. The van der Waals surface area contributed by atoms with Gasteiger partial charge >= 0.3 is 0 Å². The summed E-state index contributed by atoms with van der Waals surface area (Å²) < 4.78 is 10.9. The van der Waals surface area contributed by atoms with Crippen LogP contribution in [0.5, 0.6) is 0 Å². The molecular weight excluding hydrogens is 342 g/mol. The molecule has 1 saturated heterocycles.